The van der Waals surface area contributed by atoms with Crippen LogP contribution >= 0.6 is 0 Å². The second-order valence-electron chi connectivity index (χ2n) is 6.05. The molecule has 0 spiro atoms. The minimum atomic E-state index is -0.970. The van der Waals surface area contributed by atoms with E-state index < -0.39 is 17.9 Å². The lowest BCUT2D eigenvalue weighted by atomic mass is 10.0. The lowest BCUT2D eigenvalue weighted by Crippen LogP contribution is -2.36. The van der Waals surface area contributed by atoms with Crippen molar-refractivity contribution in [2.45, 2.75) is 19.4 Å². The van der Waals surface area contributed by atoms with Crippen LogP contribution in [0.5, 0.6) is 0 Å². The number of nitrogens with one attached hydrogen (secondary N) is 2. The van der Waals surface area contributed by atoms with Crippen molar-refractivity contribution in [1.82, 2.24) is 10.6 Å². The number of carbonyl (C=O) groups is 3. The standard InChI is InChI=1S/C20H22N2O4/c1-14(20(25)26)13-21-18(23)12-17(15-8-4-2-5-9-15)22-19(24)16-10-6-3-7-11-16/h2-11,14,17H,12-13H2,1H3,(H,21,23)(H,22,24)(H,25,26). The van der Waals surface area contributed by atoms with E-state index in [1.807, 2.05) is 36.4 Å². The minimum absolute atomic E-state index is 0.0227. The van der Waals surface area contributed by atoms with Crippen LogP contribution in [0.4, 0.5) is 0 Å². The van der Waals surface area contributed by atoms with Crippen molar-refractivity contribution in [3.05, 3.63) is 71.8 Å². The summed E-state index contributed by atoms with van der Waals surface area (Å²) in [5, 5.41) is 14.4. The Bertz CT molecular complexity index is 747. The molecule has 136 valence electrons. The Morgan fingerprint density at radius 2 is 1.54 bits per heavy atom. The quantitative estimate of drug-likeness (QED) is 0.678. The summed E-state index contributed by atoms with van der Waals surface area (Å²) in [5.41, 5.74) is 1.31. The predicted molar refractivity (Wildman–Crippen MR) is 97.5 cm³/mol. The Balaban J connectivity index is 2.06. The van der Waals surface area contributed by atoms with Crippen LogP contribution in [-0.4, -0.2) is 29.4 Å². The molecule has 2 aromatic rings. The number of benzene rings is 2. The molecule has 2 aromatic carbocycles. The summed E-state index contributed by atoms with van der Waals surface area (Å²) in [6.45, 7) is 1.57. The van der Waals surface area contributed by atoms with E-state index >= 15 is 0 Å². The fraction of sp³-hybridized carbons (Fsp3) is 0.250. The van der Waals surface area contributed by atoms with E-state index in [4.69, 9.17) is 5.11 Å². The van der Waals surface area contributed by atoms with Crippen LogP contribution in [0, 0.1) is 5.92 Å². The van der Waals surface area contributed by atoms with Crippen LogP contribution in [0.25, 0.3) is 0 Å². The van der Waals surface area contributed by atoms with Gasteiger partial charge in [-0.1, -0.05) is 55.5 Å². The van der Waals surface area contributed by atoms with Crippen LogP contribution in [-0.2, 0) is 9.59 Å². The normalized spacial score (nSPS) is 12.7. The third-order valence-electron chi connectivity index (χ3n) is 3.96. The Morgan fingerprint density at radius 1 is 0.962 bits per heavy atom. The van der Waals surface area contributed by atoms with Crippen LogP contribution < -0.4 is 10.6 Å². The number of hydrogen-bond acceptors (Lipinski definition) is 3. The SMILES string of the molecule is CC(CNC(=O)CC(NC(=O)c1ccccc1)c1ccccc1)C(=O)O. The smallest absolute Gasteiger partial charge is 0.308 e. The second kappa shape index (κ2) is 9.36. The first-order valence-corrected chi connectivity index (χ1v) is 8.37. The molecule has 0 radical (unpaired) electrons. The Morgan fingerprint density at radius 3 is 2.12 bits per heavy atom. The highest BCUT2D eigenvalue weighted by Crippen LogP contribution is 2.17. The van der Waals surface area contributed by atoms with E-state index in [0.717, 1.165) is 5.56 Å². The van der Waals surface area contributed by atoms with Gasteiger partial charge in [0.05, 0.1) is 18.4 Å². The zero-order chi connectivity index (χ0) is 18.9. The van der Waals surface area contributed by atoms with E-state index in [-0.39, 0.29) is 24.8 Å². The molecule has 0 saturated carbocycles. The van der Waals surface area contributed by atoms with Crippen molar-refractivity contribution in [1.29, 1.82) is 0 Å². The summed E-state index contributed by atoms with van der Waals surface area (Å²) in [6.07, 6.45) is 0.0227. The summed E-state index contributed by atoms with van der Waals surface area (Å²) in [7, 11) is 0. The first-order valence-electron chi connectivity index (χ1n) is 8.37. The Kier molecular flexibility index (Phi) is 6.91. The van der Waals surface area contributed by atoms with E-state index in [2.05, 4.69) is 10.6 Å². The molecule has 0 aliphatic heterocycles. The van der Waals surface area contributed by atoms with Crippen LogP contribution in [0.3, 0.4) is 0 Å². The highest BCUT2D eigenvalue weighted by atomic mass is 16.4. The van der Waals surface area contributed by atoms with Crippen molar-refractivity contribution < 1.29 is 19.5 Å². The molecular weight excluding hydrogens is 332 g/mol. The highest BCUT2D eigenvalue weighted by molar-refractivity contribution is 5.94. The van der Waals surface area contributed by atoms with Crippen molar-refractivity contribution in [3.63, 3.8) is 0 Å². The number of carboxylic acids is 1. The molecule has 3 N–H and O–H groups in total. The van der Waals surface area contributed by atoms with Gasteiger partial charge in [-0.2, -0.15) is 0 Å². The molecule has 6 heteroatoms. The van der Waals surface area contributed by atoms with E-state index in [9.17, 15) is 14.4 Å². The molecule has 2 rings (SSSR count). The lowest BCUT2D eigenvalue weighted by Gasteiger charge is -2.19. The molecule has 0 aliphatic rings. The predicted octanol–water partition coefficient (Wildman–Crippen LogP) is 2.38. The molecule has 0 bridgehead atoms. The van der Waals surface area contributed by atoms with Crippen LogP contribution in [0.15, 0.2) is 60.7 Å². The summed E-state index contributed by atoms with van der Waals surface area (Å²) in [4.78, 5) is 35.5. The number of carbonyl (C=O) groups excluding carboxylic acids is 2. The average molecular weight is 354 g/mol. The van der Waals surface area contributed by atoms with Gasteiger partial charge in [0, 0.05) is 12.1 Å². The van der Waals surface area contributed by atoms with Crippen LogP contribution in [0.2, 0.25) is 0 Å². The van der Waals surface area contributed by atoms with Gasteiger partial charge in [0.2, 0.25) is 5.91 Å². The van der Waals surface area contributed by atoms with Gasteiger partial charge in [0.25, 0.3) is 5.91 Å². The first kappa shape index (κ1) is 19.2. The molecule has 2 atom stereocenters. The fourth-order valence-electron chi connectivity index (χ4n) is 2.38. The number of hydrogen-bond donors (Lipinski definition) is 3. The number of rotatable bonds is 8. The first-order chi connectivity index (χ1) is 12.5. The van der Waals surface area contributed by atoms with E-state index in [0.29, 0.717) is 5.56 Å². The molecule has 2 unspecified atom stereocenters. The summed E-state index contributed by atoms with van der Waals surface area (Å²) in [6, 6.07) is 17.5. The van der Waals surface area contributed by atoms with Gasteiger partial charge in [-0.25, -0.2) is 0 Å². The van der Waals surface area contributed by atoms with Gasteiger partial charge < -0.3 is 15.7 Å². The van der Waals surface area contributed by atoms with Gasteiger partial charge in [0.1, 0.15) is 0 Å². The summed E-state index contributed by atoms with van der Waals surface area (Å²) in [5.74, 6) is -2.23. The van der Waals surface area contributed by atoms with E-state index in [1.165, 1.54) is 6.92 Å². The highest BCUT2D eigenvalue weighted by Gasteiger charge is 2.20. The molecule has 0 fully saturated rings. The molecule has 26 heavy (non-hydrogen) atoms. The summed E-state index contributed by atoms with van der Waals surface area (Å²) >= 11 is 0. The molecule has 0 aliphatic carbocycles. The third-order valence-corrected chi connectivity index (χ3v) is 3.96. The van der Waals surface area contributed by atoms with Gasteiger partial charge in [-0.3, -0.25) is 14.4 Å². The van der Waals surface area contributed by atoms with E-state index in [1.54, 1.807) is 24.3 Å². The van der Waals surface area contributed by atoms with Gasteiger partial charge in [-0.05, 0) is 17.7 Å². The Labute approximate surface area is 152 Å². The van der Waals surface area contributed by atoms with Gasteiger partial charge in [-0.15, -0.1) is 0 Å². The lowest BCUT2D eigenvalue weighted by molar-refractivity contribution is -0.141. The van der Waals surface area contributed by atoms with Crippen molar-refractivity contribution in [3.8, 4) is 0 Å². The third kappa shape index (κ3) is 5.73. The fourth-order valence-corrected chi connectivity index (χ4v) is 2.38. The maximum absolute atomic E-state index is 12.4. The van der Waals surface area contributed by atoms with Crippen LogP contribution in [0.1, 0.15) is 35.3 Å². The monoisotopic (exact) mass is 354 g/mol. The number of aliphatic carboxylic acids is 1. The maximum atomic E-state index is 12.4. The molecular formula is C20H22N2O4. The molecule has 2 amide bonds. The van der Waals surface area contributed by atoms with Gasteiger partial charge >= 0.3 is 5.97 Å². The topological polar surface area (TPSA) is 95.5 Å². The molecule has 0 heterocycles. The largest absolute Gasteiger partial charge is 0.481 e. The van der Waals surface area contributed by atoms with Crippen molar-refractivity contribution in [2.24, 2.45) is 5.92 Å². The second-order valence-corrected chi connectivity index (χ2v) is 6.05. The maximum Gasteiger partial charge on any atom is 0.308 e. The zero-order valence-electron chi connectivity index (χ0n) is 14.5. The average Bonchev–Trinajstić information content (AvgIpc) is 2.66. The number of carboxylic acid groups (broad SMARTS) is 1. The van der Waals surface area contributed by atoms with Crippen molar-refractivity contribution in [2.75, 3.05) is 6.54 Å². The molecule has 0 saturated heterocycles. The zero-order valence-corrected chi connectivity index (χ0v) is 14.5. The molecule has 0 aromatic heterocycles. The summed E-state index contributed by atoms with van der Waals surface area (Å²) < 4.78 is 0. The molecule has 6 nitrogen and oxygen atoms in total. The minimum Gasteiger partial charge on any atom is -0.481 e. The van der Waals surface area contributed by atoms with Gasteiger partial charge in [0.15, 0.2) is 0 Å². The van der Waals surface area contributed by atoms with Crippen molar-refractivity contribution >= 4 is 17.8 Å². The number of amides is 2. The Hall–Kier alpha value is -3.15.